The molecule has 1 aliphatic heterocycles. The Morgan fingerprint density at radius 3 is 2.57 bits per heavy atom. The highest BCUT2D eigenvalue weighted by atomic mass is 16.4. The predicted molar refractivity (Wildman–Crippen MR) is 107 cm³/mol. The van der Waals surface area contributed by atoms with Gasteiger partial charge in [-0.2, -0.15) is 0 Å². The largest absolute Gasteiger partial charge is 0.419 e. The lowest BCUT2D eigenvalue weighted by molar-refractivity contribution is -0.901. The Hall–Kier alpha value is -2.86. The van der Waals surface area contributed by atoms with Crippen LogP contribution in [0.4, 0.5) is 0 Å². The van der Waals surface area contributed by atoms with Gasteiger partial charge >= 0.3 is 5.76 Å². The summed E-state index contributed by atoms with van der Waals surface area (Å²) < 4.78 is 6.73. The normalized spacial score (nSPS) is 14.6. The lowest BCUT2D eigenvalue weighted by atomic mass is 10.1. The molecular formula is C22H26N3O3+. The van der Waals surface area contributed by atoms with E-state index in [0.29, 0.717) is 18.7 Å². The number of rotatable bonds is 7. The van der Waals surface area contributed by atoms with Crippen LogP contribution in [0.15, 0.2) is 57.7 Å². The second kappa shape index (κ2) is 8.44. The van der Waals surface area contributed by atoms with Gasteiger partial charge in [0.05, 0.1) is 18.6 Å². The monoisotopic (exact) mass is 380 g/mol. The lowest BCUT2D eigenvalue weighted by Gasteiger charge is -2.15. The average molecular weight is 380 g/mol. The van der Waals surface area contributed by atoms with E-state index in [0.717, 1.165) is 12.1 Å². The third kappa shape index (κ3) is 4.17. The Balaban J connectivity index is 1.35. The van der Waals surface area contributed by atoms with Gasteiger partial charge < -0.3 is 14.6 Å². The molecule has 2 heterocycles. The zero-order valence-corrected chi connectivity index (χ0v) is 15.9. The van der Waals surface area contributed by atoms with Crippen LogP contribution in [0.25, 0.3) is 11.1 Å². The summed E-state index contributed by atoms with van der Waals surface area (Å²) in [5.41, 5.74) is 3.74. The number of hydrogen-bond acceptors (Lipinski definition) is 3. The number of likely N-dealkylation sites (tertiary alicyclic amines) is 1. The molecule has 0 unspecified atom stereocenters. The third-order valence-corrected chi connectivity index (χ3v) is 5.48. The fourth-order valence-corrected chi connectivity index (χ4v) is 3.94. The first-order valence-electron chi connectivity index (χ1n) is 9.96. The quantitative estimate of drug-likeness (QED) is 0.652. The Morgan fingerprint density at radius 2 is 1.75 bits per heavy atom. The molecule has 0 aliphatic carbocycles. The maximum Gasteiger partial charge on any atom is 0.419 e. The second-order valence-electron chi connectivity index (χ2n) is 7.42. The molecule has 0 atom stereocenters. The van der Waals surface area contributed by atoms with Crippen LogP contribution in [-0.4, -0.2) is 23.6 Å². The average Bonchev–Trinajstić information content (AvgIpc) is 3.32. The molecule has 0 spiro atoms. The molecule has 0 radical (unpaired) electrons. The number of carbonyl (C=O) groups excluding carboxylic acids is 1. The van der Waals surface area contributed by atoms with E-state index in [1.165, 1.54) is 41.6 Å². The van der Waals surface area contributed by atoms with Crippen LogP contribution in [0.1, 0.15) is 30.4 Å². The summed E-state index contributed by atoms with van der Waals surface area (Å²) in [7, 11) is 0. The molecule has 4 rings (SSSR count). The van der Waals surface area contributed by atoms with Crippen molar-refractivity contribution in [2.75, 3.05) is 13.1 Å². The minimum absolute atomic E-state index is 0.0690. The highest BCUT2D eigenvalue weighted by Crippen LogP contribution is 2.12. The van der Waals surface area contributed by atoms with Crippen molar-refractivity contribution in [3.05, 3.63) is 70.2 Å². The van der Waals surface area contributed by atoms with Crippen molar-refractivity contribution < 1.29 is 14.1 Å². The lowest BCUT2D eigenvalue weighted by Crippen LogP contribution is -3.08. The minimum Gasteiger partial charge on any atom is -0.408 e. The van der Waals surface area contributed by atoms with Crippen molar-refractivity contribution in [1.29, 1.82) is 0 Å². The Morgan fingerprint density at radius 1 is 1.04 bits per heavy atom. The number of fused-ring (bicyclic) bond motifs is 1. The van der Waals surface area contributed by atoms with Gasteiger partial charge in [0.15, 0.2) is 5.58 Å². The van der Waals surface area contributed by atoms with Gasteiger partial charge in [0.2, 0.25) is 5.91 Å². The van der Waals surface area contributed by atoms with Gasteiger partial charge in [0.25, 0.3) is 0 Å². The maximum atomic E-state index is 12.4. The van der Waals surface area contributed by atoms with Crippen LogP contribution >= 0.6 is 0 Å². The Labute approximate surface area is 163 Å². The fraction of sp³-hybridized carbons (Fsp3) is 0.364. The van der Waals surface area contributed by atoms with E-state index in [2.05, 4.69) is 23.5 Å². The van der Waals surface area contributed by atoms with Gasteiger partial charge in [-0.25, -0.2) is 4.79 Å². The number of aromatic nitrogens is 1. The first-order chi connectivity index (χ1) is 13.7. The summed E-state index contributed by atoms with van der Waals surface area (Å²) in [6.45, 7) is 4.30. The number of benzene rings is 2. The van der Waals surface area contributed by atoms with E-state index in [1.807, 2.05) is 24.3 Å². The molecule has 2 aromatic carbocycles. The number of amides is 1. The van der Waals surface area contributed by atoms with Crippen LogP contribution in [0.3, 0.4) is 0 Å². The van der Waals surface area contributed by atoms with Crippen molar-refractivity contribution in [3.8, 4) is 0 Å². The zero-order chi connectivity index (χ0) is 19.3. The molecule has 3 aromatic rings. The summed E-state index contributed by atoms with van der Waals surface area (Å²) in [6.07, 6.45) is 2.84. The summed E-state index contributed by atoms with van der Waals surface area (Å²) >= 11 is 0. The molecule has 0 bridgehead atoms. The van der Waals surface area contributed by atoms with Gasteiger partial charge in [-0.1, -0.05) is 36.4 Å². The van der Waals surface area contributed by atoms with E-state index in [1.54, 1.807) is 11.0 Å². The summed E-state index contributed by atoms with van der Waals surface area (Å²) in [6, 6.07) is 15.6. The predicted octanol–water partition coefficient (Wildman–Crippen LogP) is 1.48. The number of oxazole rings is 1. The number of hydrogen-bond donors (Lipinski definition) is 2. The zero-order valence-electron chi connectivity index (χ0n) is 15.9. The number of aryl methyl sites for hydroxylation is 1. The summed E-state index contributed by atoms with van der Waals surface area (Å²) in [5.74, 6) is -0.492. The van der Waals surface area contributed by atoms with Crippen LogP contribution in [0, 0.1) is 0 Å². The topological polar surface area (TPSA) is 68.7 Å². The van der Waals surface area contributed by atoms with Crippen molar-refractivity contribution in [3.63, 3.8) is 0 Å². The van der Waals surface area contributed by atoms with Gasteiger partial charge in [-0.05, 0) is 17.7 Å². The molecule has 146 valence electrons. The van der Waals surface area contributed by atoms with E-state index < -0.39 is 5.76 Å². The molecule has 1 aliphatic rings. The number of quaternary nitrogens is 1. The SMILES string of the molecule is O=C(CCn1c(=O)oc2ccccc21)NCc1ccccc1C[NH+]1CCCC1. The maximum absolute atomic E-state index is 12.4. The number of nitrogens with one attached hydrogen (secondary N) is 2. The molecule has 6 heteroatoms. The van der Waals surface area contributed by atoms with Crippen molar-refractivity contribution in [2.45, 2.75) is 38.9 Å². The van der Waals surface area contributed by atoms with Crippen LogP contribution in [0.2, 0.25) is 0 Å². The molecule has 2 N–H and O–H groups in total. The van der Waals surface area contributed by atoms with Crippen LogP contribution < -0.4 is 16.0 Å². The molecule has 1 amide bonds. The molecule has 1 aromatic heterocycles. The molecular weight excluding hydrogens is 354 g/mol. The van der Waals surface area contributed by atoms with Gasteiger partial charge in [-0.3, -0.25) is 9.36 Å². The van der Waals surface area contributed by atoms with Crippen LogP contribution in [0.5, 0.6) is 0 Å². The number of para-hydroxylation sites is 2. The third-order valence-electron chi connectivity index (χ3n) is 5.48. The standard InChI is InChI=1S/C22H25N3O3/c26-21(11-14-25-19-9-3-4-10-20(19)28-22(25)27)23-15-17-7-1-2-8-18(17)16-24-12-5-6-13-24/h1-4,7-10H,5-6,11-16H2,(H,23,26)/p+1. The minimum atomic E-state index is -0.423. The molecule has 1 fully saturated rings. The molecule has 0 saturated carbocycles. The Kier molecular flexibility index (Phi) is 5.58. The first-order valence-corrected chi connectivity index (χ1v) is 9.96. The van der Waals surface area contributed by atoms with Crippen molar-refractivity contribution in [1.82, 2.24) is 9.88 Å². The highest BCUT2D eigenvalue weighted by molar-refractivity contribution is 5.76. The molecule has 28 heavy (non-hydrogen) atoms. The molecule has 1 saturated heterocycles. The Bertz CT molecular complexity index is 1020. The van der Waals surface area contributed by atoms with E-state index in [-0.39, 0.29) is 12.3 Å². The van der Waals surface area contributed by atoms with Gasteiger partial charge in [0.1, 0.15) is 6.54 Å². The first kappa shape index (κ1) is 18.5. The van der Waals surface area contributed by atoms with E-state index in [4.69, 9.17) is 4.42 Å². The summed E-state index contributed by atoms with van der Waals surface area (Å²) in [5, 5.41) is 3.00. The van der Waals surface area contributed by atoms with E-state index >= 15 is 0 Å². The molecule has 6 nitrogen and oxygen atoms in total. The van der Waals surface area contributed by atoms with E-state index in [9.17, 15) is 9.59 Å². The van der Waals surface area contributed by atoms with Gasteiger partial charge in [-0.15, -0.1) is 0 Å². The second-order valence-corrected chi connectivity index (χ2v) is 7.42. The van der Waals surface area contributed by atoms with Crippen molar-refractivity contribution >= 4 is 17.0 Å². The fourth-order valence-electron chi connectivity index (χ4n) is 3.94. The van der Waals surface area contributed by atoms with Gasteiger partial charge in [0, 0.05) is 37.9 Å². The smallest absolute Gasteiger partial charge is 0.408 e. The summed E-state index contributed by atoms with van der Waals surface area (Å²) in [4.78, 5) is 26.0. The number of nitrogens with zero attached hydrogens (tertiary/aromatic N) is 1. The highest BCUT2D eigenvalue weighted by Gasteiger charge is 2.17. The van der Waals surface area contributed by atoms with Crippen molar-refractivity contribution in [2.24, 2.45) is 0 Å². The number of carbonyl (C=O) groups is 1. The van der Waals surface area contributed by atoms with Crippen LogP contribution in [-0.2, 0) is 24.4 Å².